The van der Waals surface area contributed by atoms with E-state index in [-0.39, 0.29) is 5.91 Å². The summed E-state index contributed by atoms with van der Waals surface area (Å²) in [6.07, 6.45) is 4.16. The summed E-state index contributed by atoms with van der Waals surface area (Å²) in [5.74, 6) is 0.248. The van der Waals surface area contributed by atoms with Gasteiger partial charge in [-0.2, -0.15) is 0 Å². The van der Waals surface area contributed by atoms with Gasteiger partial charge in [0.1, 0.15) is 5.54 Å². The molecule has 0 aromatic rings. The van der Waals surface area contributed by atoms with Crippen molar-refractivity contribution >= 4 is 5.91 Å². The second-order valence-electron chi connectivity index (χ2n) is 5.29. The van der Waals surface area contributed by atoms with Gasteiger partial charge in [0.05, 0.1) is 0 Å². The molecule has 0 bridgehead atoms. The van der Waals surface area contributed by atoms with E-state index < -0.39 is 5.54 Å². The predicted molar refractivity (Wildman–Crippen MR) is 75.3 cm³/mol. The van der Waals surface area contributed by atoms with Crippen molar-refractivity contribution in [3.05, 3.63) is 0 Å². The van der Waals surface area contributed by atoms with Gasteiger partial charge < -0.3 is 16.0 Å². The van der Waals surface area contributed by atoms with E-state index in [2.05, 4.69) is 31.0 Å². The Kier molecular flexibility index (Phi) is 6.09. The van der Waals surface area contributed by atoms with E-state index in [0.717, 1.165) is 51.9 Å². The van der Waals surface area contributed by atoms with Gasteiger partial charge >= 0.3 is 0 Å². The third kappa shape index (κ3) is 3.23. The van der Waals surface area contributed by atoms with Crippen LogP contribution in [-0.2, 0) is 4.79 Å². The molecule has 4 heteroatoms. The average Bonchev–Trinajstić information content (AvgIpc) is 2.79. The summed E-state index contributed by atoms with van der Waals surface area (Å²) < 4.78 is 0. The molecule has 0 spiro atoms. The number of rotatable bonds is 8. The minimum absolute atomic E-state index is 0.161. The second-order valence-corrected chi connectivity index (χ2v) is 5.29. The van der Waals surface area contributed by atoms with Gasteiger partial charge in [-0.25, -0.2) is 0 Å². The van der Waals surface area contributed by atoms with Gasteiger partial charge in [-0.15, -0.1) is 0 Å². The average molecular weight is 255 g/mol. The largest absolute Gasteiger partial charge is 0.368 e. The summed E-state index contributed by atoms with van der Waals surface area (Å²) in [6, 6.07) is 0. The van der Waals surface area contributed by atoms with Gasteiger partial charge in [-0.1, -0.05) is 33.6 Å². The Hall–Kier alpha value is -0.610. The fourth-order valence-corrected chi connectivity index (χ4v) is 3.25. The van der Waals surface area contributed by atoms with E-state index in [4.69, 9.17) is 5.73 Å². The summed E-state index contributed by atoms with van der Waals surface area (Å²) in [7, 11) is 0. The number of likely N-dealkylation sites (N-methyl/N-ethyl adjacent to an activating group) is 1. The lowest BCUT2D eigenvalue weighted by Crippen LogP contribution is -2.59. The molecule has 1 amide bonds. The van der Waals surface area contributed by atoms with E-state index in [1.54, 1.807) is 0 Å². The maximum Gasteiger partial charge on any atom is 0.238 e. The lowest BCUT2D eigenvalue weighted by molar-refractivity contribution is -0.126. The maximum atomic E-state index is 11.9. The molecule has 2 atom stereocenters. The van der Waals surface area contributed by atoms with Crippen LogP contribution in [0.4, 0.5) is 0 Å². The molecular formula is C14H29N3O. The van der Waals surface area contributed by atoms with Crippen molar-refractivity contribution in [2.45, 2.75) is 52.0 Å². The lowest BCUT2D eigenvalue weighted by atomic mass is 9.84. The molecule has 1 aliphatic rings. The molecule has 1 saturated carbocycles. The van der Waals surface area contributed by atoms with Gasteiger partial charge in [0.2, 0.25) is 5.91 Å². The van der Waals surface area contributed by atoms with Crippen LogP contribution in [0, 0.1) is 5.92 Å². The van der Waals surface area contributed by atoms with Crippen LogP contribution >= 0.6 is 0 Å². The van der Waals surface area contributed by atoms with Gasteiger partial charge in [-0.3, -0.25) is 4.79 Å². The number of hydrogen-bond donors (Lipinski definition) is 2. The number of nitrogens with one attached hydrogen (secondary N) is 1. The molecule has 3 N–H and O–H groups in total. The highest BCUT2D eigenvalue weighted by Crippen LogP contribution is 2.37. The Bertz CT molecular complexity index is 266. The van der Waals surface area contributed by atoms with Crippen LogP contribution in [0.5, 0.6) is 0 Å². The molecule has 1 fully saturated rings. The van der Waals surface area contributed by atoms with Crippen molar-refractivity contribution in [1.82, 2.24) is 10.2 Å². The van der Waals surface area contributed by atoms with Crippen LogP contribution in [0.1, 0.15) is 46.5 Å². The normalized spacial score (nSPS) is 27.9. The van der Waals surface area contributed by atoms with Crippen molar-refractivity contribution in [2.24, 2.45) is 11.7 Å². The van der Waals surface area contributed by atoms with Crippen molar-refractivity contribution in [3.63, 3.8) is 0 Å². The molecule has 0 aliphatic heterocycles. The molecule has 18 heavy (non-hydrogen) atoms. The molecule has 0 aromatic heterocycles. The van der Waals surface area contributed by atoms with Gasteiger partial charge in [0, 0.05) is 13.1 Å². The number of carbonyl (C=O) groups excluding carboxylic acids is 1. The van der Waals surface area contributed by atoms with E-state index >= 15 is 0 Å². The quantitative estimate of drug-likeness (QED) is 0.688. The van der Waals surface area contributed by atoms with Crippen molar-refractivity contribution < 1.29 is 4.79 Å². The predicted octanol–water partition coefficient (Wildman–Crippen LogP) is 1.35. The number of carbonyl (C=O) groups is 1. The zero-order chi connectivity index (χ0) is 13.6. The van der Waals surface area contributed by atoms with Crippen LogP contribution in [-0.4, -0.2) is 42.5 Å². The number of nitrogens with two attached hydrogens (primary N) is 1. The maximum absolute atomic E-state index is 11.9. The molecule has 106 valence electrons. The fraction of sp³-hybridized carbons (Fsp3) is 0.929. The fourth-order valence-electron chi connectivity index (χ4n) is 3.25. The van der Waals surface area contributed by atoms with E-state index in [9.17, 15) is 4.79 Å². The molecule has 1 rings (SSSR count). The van der Waals surface area contributed by atoms with E-state index in [1.807, 2.05) is 0 Å². The van der Waals surface area contributed by atoms with Gasteiger partial charge in [-0.05, 0) is 31.8 Å². The highest BCUT2D eigenvalue weighted by Gasteiger charge is 2.46. The number of hydrogen-bond acceptors (Lipinski definition) is 3. The molecule has 0 aromatic carbocycles. The third-order valence-electron chi connectivity index (χ3n) is 4.52. The van der Waals surface area contributed by atoms with Crippen LogP contribution < -0.4 is 11.1 Å². The number of amides is 1. The zero-order valence-corrected chi connectivity index (χ0v) is 12.2. The van der Waals surface area contributed by atoms with Crippen molar-refractivity contribution in [3.8, 4) is 0 Å². The molecular weight excluding hydrogens is 226 g/mol. The van der Waals surface area contributed by atoms with Gasteiger partial charge in [0.15, 0.2) is 0 Å². The van der Waals surface area contributed by atoms with Crippen molar-refractivity contribution in [1.29, 1.82) is 0 Å². The summed E-state index contributed by atoms with van der Waals surface area (Å²) in [4.78, 5) is 14.2. The smallest absolute Gasteiger partial charge is 0.238 e. The van der Waals surface area contributed by atoms with E-state index in [0.29, 0.717) is 5.92 Å². The third-order valence-corrected chi connectivity index (χ3v) is 4.52. The first-order valence-corrected chi connectivity index (χ1v) is 7.38. The first-order valence-electron chi connectivity index (χ1n) is 7.38. The topological polar surface area (TPSA) is 58.4 Å². The monoisotopic (exact) mass is 255 g/mol. The highest BCUT2D eigenvalue weighted by molar-refractivity contribution is 5.85. The number of nitrogens with zero attached hydrogens (tertiary/aromatic N) is 1. The Morgan fingerprint density at radius 3 is 2.56 bits per heavy atom. The van der Waals surface area contributed by atoms with E-state index in [1.165, 1.54) is 0 Å². The molecule has 1 aliphatic carbocycles. The Morgan fingerprint density at radius 2 is 2.06 bits per heavy atom. The lowest BCUT2D eigenvalue weighted by Gasteiger charge is -2.34. The first kappa shape index (κ1) is 15.4. The summed E-state index contributed by atoms with van der Waals surface area (Å²) in [5, 5.41) is 3.48. The summed E-state index contributed by atoms with van der Waals surface area (Å²) in [5.41, 5.74) is 5.22. The second kappa shape index (κ2) is 7.10. The SMILES string of the molecule is CCC1CCCC1(NCCN(CC)CC)C(N)=O. The minimum atomic E-state index is -0.443. The molecule has 0 radical (unpaired) electrons. The van der Waals surface area contributed by atoms with Crippen LogP contribution in [0.3, 0.4) is 0 Å². The minimum Gasteiger partial charge on any atom is -0.368 e. The molecule has 0 heterocycles. The Morgan fingerprint density at radius 1 is 1.39 bits per heavy atom. The van der Waals surface area contributed by atoms with Crippen LogP contribution in [0.2, 0.25) is 0 Å². The van der Waals surface area contributed by atoms with Crippen molar-refractivity contribution in [2.75, 3.05) is 26.2 Å². The van der Waals surface area contributed by atoms with Gasteiger partial charge in [0.25, 0.3) is 0 Å². The summed E-state index contributed by atoms with van der Waals surface area (Å²) >= 11 is 0. The van der Waals surface area contributed by atoms with Crippen LogP contribution in [0.25, 0.3) is 0 Å². The first-order chi connectivity index (χ1) is 8.60. The Labute approximate surface area is 111 Å². The molecule has 0 saturated heterocycles. The molecule has 4 nitrogen and oxygen atoms in total. The number of primary amides is 1. The molecule has 2 unspecified atom stereocenters. The summed E-state index contributed by atoms with van der Waals surface area (Å²) in [6.45, 7) is 10.4. The van der Waals surface area contributed by atoms with Crippen LogP contribution in [0.15, 0.2) is 0 Å². The Balaban J connectivity index is 2.56. The standard InChI is InChI=1S/C14H29N3O/c1-4-12-8-7-9-14(12,13(15)18)16-10-11-17(5-2)6-3/h12,16H,4-11H2,1-3H3,(H2,15,18). The zero-order valence-electron chi connectivity index (χ0n) is 12.2. The highest BCUT2D eigenvalue weighted by atomic mass is 16.1.